The summed E-state index contributed by atoms with van der Waals surface area (Å²) in [7, 11) is 2.00. The number of hydrogen-bond donors (Lipinski definition) is 1. The van der Waals surface area contributed by atoms with Crippen LogP contribution in [-0.2, 0) is 4.79 Å². The molecule has 2 heterocycles. The lowest BCUT2D eigenvalue weighted by Crippen LogP contribution is -2.41. The van der Waals surface area contributed by atoms with Gasteiger partial charge in [-0.2, -0.15) is 0 Å². The van der Waals surface area contributed by atoms with Gasteiger partial charge < -0.3 is 15.1 Å². The molecule has 2 fully saturated rings. The minimum atomic E-state index is 0.257. The summed E-state index contributed by atoms with van der Waals surface area (Å²) in [6.45, 7) is 7.71. The lowest BCUT2D eigenvalue weighted by molar-refractivity contribution is -0.135. The molecule has 0 saturated carbocycles. The number of rotatable bonds is 7. The van der Waals surface area contributed by atoms with Gasteiger partial charge in [0.25, 0.3) is 0 Å². The molecule has 1 N–H and O–H groups in total. The molecule has 1 amide bonds. The van der Waals surface area contributed by atoms with E-state index in [1.54, 1.807) is 0 Å². The van der Waals surface area contributed by atoms with Crippen molar-refractivity contribution in [3.8, 4) is 0 Å². The Bertz CT molecular complexity index is 309. The molecule has 0 aromatic carbocycles. The molecule has 2 aliphatic rings. The third-order valence-corrected chi connectivity index (χ3v) is 5.14. The SMILES string of the molecule is CCCC(CCN(C)C(=O)C1CCNCC1)N1CCCC1. The topological polar surface area (TPSA) is 35.6 Å². The van der Waals surface area contributed by atoms with Crippen LogP contribution in [0.2, 0.25) is 0 Å². The van der Waals surface area contributed by atoms with Crippen LogP contribution >= 0.6 is 0 Å². The summed E-state index contributed by atoms with van der Waals surface area (Å²) in [6, 6.07) is 0.681. The van der Waals surface area contributed by atoms with Gasteiger partial charge in [-0.05, 0) is 64.7 Å². The Morgan fingerprint density at radius 3 is 2.52 bits per heavy atom. The van der Waals surface area contributed by atoms with Crippen LogP contribution in [0, 0.1) is 5.92 Å². The summed E-state index contributed by atoms with van der Waals surface area (Å²) in [5, 5.41) is 3.34. The Labute approximate surface area is 130 Å². The highest BCUT2D eigenvalue weighted by molar-refractivity contribution is 5.78. The van der Waals surface area contributed by atoms with Crippen molar-refractivity contribution in [2.75, 3.05) is 39.8 Å². The maximum atomic E-state index is 12.5. The number of piperidine rings is 1. The summed E-state index contributed by atoms with van der Waals surface area (Å²) >= 11 is 0. The van der Waals surface area contributed by atoms with E-state index in [0.29, 0.717) is 11.9 Å². The monoisotopic (exact) mass is 295 g/mol. The number of hydrogen-bond acceptors (Lipinski definition) is 3. The van der Waals surface area contributed by atoms with Crippen molar-refractivity contribution >= 4 is 5.91 Å². The maximum absolute atomic E-state index is 12.5. The van der Waals surface area contributed by atoms with E-state index < -0.39 is 0 Å². The van der Waals surface area contributed by atoms with Crippen LogP contribution in [0.15, 0.2) is 0 Å². The number of likely N-dealkylation sites (tertiary alicyclic amines) is 1. The van der Waals surface area contributed by atoms with E-state index in [1.165, 1.54) is 38.8 Å². The summed E-state index contributed by atoms with van der Waals surface area (Å²) in [5.41, 5.74) is 0. The Morgan fingerprint density at radius 2 is 1.90 bits per heavy atom. The highest BCUT2D eigenvalue weighted by Crippen LogP contribution is 2.19. The van der Waals surface area contributed by atoms with Crippen LogP contribution in [0.1, 0.15) is 51.9 Å². The second-order valence-electron chi connectivity index (χ2n) is 6.76. The molecule has 4 heteroatoms. The van der Waals surface area contributed by atoms with Gasteiger partial charge >= 0.3 is 0 Å². The normalized spacial score (nSPS) is 22.4. The molecule has 1 unspecified atom stereocenters. The van der Waals surface area contributed by atoms with Crippen LogP contribution in [0.25, 0.3) is 0 Å². The fourth-order valence-electron chi connectivity index (χ4n) is 3.78. The minimum absolute atomic E-state index is 0.257. The molecule has 0 spiro atoms. The molecule has 21 heavy (non-hydrogen) atoms. The average Bonchev–Trinajstić information content (AvgIpc) is 3.05. The molecule has 2 aliphatic heterocycles. The van der Waals surface area contributed by atoms with Crippen LogP contribution in [-0.4, -0.2) is 61.5 Å². The van der Waals surface area contributed by atoms with E-state index >= 15 is 0 Å². The molecule has 0 aliphatic carbocycles. The number of nitrogens with zero attached hydrogens (tertiary/aromatic N) is 2. The first-order chi connectivity index (χ1) is 10.2. The van der Waals surface area contributed by atoms with Crippen LogP contribution in [0.3, 0.4) is 0 Å². The zero-order chi connectivity index (χ0) is 15.1. The molecular weight excluding hydrogens is 262 g/mol. The van der Waals surface area contributed by atoms with Gasteiger partial charge in [0.05, 0.1) is 0 Å². The van der Waals surface area contributed by atoms with Crippen molar-refractivity contribution < 1.29 is 4.79 Å². The van der Waals surface area contributed by atoms with E-state index in [1.807, 2.05) is 11.9 Å². The molecule has 0 radical (unpaired) electrons. The fraction of sp³-hybridized carbons (Fsp3) is 0.941. The van der Waals surface area contributed by atoms with Gasteiger partial charge in [-0.3, -0.25) is 4.79 Å². The van der Waals surface area contributed by atoms with Gasteiger partial charge in [-0.25, -0.2) is 0 Å². The molecule has 2 rings (SSSR count). The van der Waals surface area contributed by atoms with Crippen LogP contribution < -0.4 is 5.32 Å². The van der Waals surface area contributed by atoms with Gasteiger partial charge in [0.2, 0.25) is 5.91 Å². The lowest BCUT2D eigenvalue weighted by atomic mass is 9.96. The summed E-state index contributed by atoms with van der Waals surface area (Å²) < 4.78 is 0. The number of nitrogens with one attached hydrogen (secondary N) is 1. The van der Waals surface area contributed by atoms with Crippen molar-refractivity contribution in [3.05, 3.63) is 0 Å². The van der Waals surface area contributed by atoms with Crippen LogP contribution in [0.4, 0.5) is 0 Å². The lowest BCUT2D eigenvalue weighted by Gasteiger charge is -2.31. The second kappa shape index (κ2) is 8.74. The first kappa shape index (κ1) is 16.8. The van der Waals surface area contributed by atoms with Gasteiger partial charge in [-0.1, -0.05) is 13.3 Å². The van der Waals surface area contributed by atoms with Crippen molar-refractivity contribution in [3.63, 3.8) is 0 Å². The van der Waals surface area contributed by atoms with Crippen molar-refractivity contribution in [2.24, 2.45) is 5.92 Å². The van der Waals surface area contributed by atoms with E-state index in [2.05, 4.69) is 17.1 Å². The molecule has 122 valence electrons. The molecule has 0 bridgehead atoms. The number of carbonyl (C=O) groups is 1. The van der Waals surface area contributed by atoms with Gasteiger partial charge in [0, 0.05) is 25.6 Å². The van der Waals surface area contributed by atoms with E-state index in [-0.39, 0.29) is 5.92 Å². The predicted octanol–water partition coefficient (Wildman–Crippen LogP) is 2.10. The Hall–Kier alpha value is -0.610. The number of amides is 1. The molecule has 4 nitrogen and oxygen atoms in total. The first-order valence-electron chi connectivity index (χ1n) is 8.92. The van der Waals surface area contributed by atoms with Crippen molar-refractivity contribution in [1.82, 2.24) is 15.1 Å². The van der Waals surface area contributed by atoms with Crippen LogP contribution in [0.5, 0.6) is 0 Å². The van der Waals surface area contributed by atoms with E-state index in [9.17, 15) is 4.79 Å². The molecular formula is C17H33N3O. The third kappa shape index (κ3) is 4.96. The molecule has 0 aromatic rings. The highest BCUT2D eigenvalue weighted by Gasteiger charge is 2.26. The summed E-state index contributed by atoms with van der Waals surface area (Å²) in [6.07, 6.45) is 8.37. The number of carbonyl (C=O) groups excluding carboxylic acids is 1. The predicted molar refractivity (Wildman–Crippen MR) is 87.4 cm³/mol. The smallest absolute Gasteiger partial charge is 0.225 e. The molecule has 1 atom stereocenters. The average molecular weight is 295 g/mol. The molecule has 0 aromatic heterocycles. The fourth-order valence-corrected chi connectivity index (χ4v) is 3.78. The Kier molecular flexibility index (Phi) is 6.97. The van der Waals surface area contributed by atoms with Gasteiger partial charge in [0.15, 0.2) is 0 Å². The first-order valence-corrected chi connectivity index (χ1v) is 8.92. The van der Waals surface area contributed by atoms with Gasteiger partial charge in [-0.15, -0.1) is 0 Å². The standard InChI is InChI=1S/C17H33N3O/c1-3-6-16(20-12-4-5-13-20)9-14-19(2)17(21)15-7-10-18-11-8-15/h15-16,18H,3-14H2,1-2H3. The highest BCUT2D eigenvalue weighted by atomic mass is 16.2. The summed E-state index contributed by atoms with van der Waals surface area (Å²) in [5.74, 6) is 0.626. The second-order valence-corrected chi connectivity index (χ2v) is 6.76. The molecule has 2 saturated heterocycles. The van der Waals surface area contributed by atoms with E-state index in [4.69, 9.17) is 0 Å². The Morgan fingerprint density at radius 1 is 1.24 bits per heavy atom. The van der Waals surface area contributed by atoms with Crippen molar-refractivity contribution in [1.29, 1.82) is 0 Å². The third-order valence-electron chi connectivity index (χ3n) is 5.14. The Balaban J connectivity index is 1.77. The largest absolute Gasteiger partial charge is 0.345 e. The zero-order valence-electron chi connectivity index (χ0n) is 13.9. The van der Waals surface area contributed by atoms with Gasteiger partial charge in [0.1, 0.15) is 0 Å². The summed E-state index contributed by atoms with van der Waals surface area (Å²) in [4.78, 5) is 17.1. The van der Waals surface area contributed by atoms with E-state index in [0.717, 1.165) is 38.9 Å². The van der Waals surface area contributed by atoms with Crippen molar-refractivity contribution in [2.45, 2.75) is 57.9 Å². The minimum Gasteiger partial charge on any atom is -0.345 e. The maximum Gasteiger partial charge on any atom is 0.225 e. The zero-order valence-corrected chi connectivity index (χ0v) is 13.9. The quantitative estimate of drug-likeness (QED) is 0.781.